The summed E-state index contributed by atoms with van der Waals surface area (Å²) in [6.07, 6.45) is 5.52. The van der Waals surface area contributed by atoms with Gasteiger partial charge >= 0.3 is 0 Å². The summed E-state index contributed by atoms with van der Waals surface area (Å²) in [6, 6.07) is 5.94. The van der Waals surface area contributed by atoms with E-state index in [1.165, 1.54) is 12.1 Å². The van der Waals surface area contributed by atoms with Crippen molar-refractivity contribution in [2.24, 2.45) is 11.3 Å². The van der Waals surface area contributed by atoms with Gasteiger partial charge in [-0.1, -0.05) is 26.7 Å². The van der Waals surface area contributed by atoms with Crippen LogP contribution >= 0.6 is 0 Å². The van der Waals surface area contributed by atoms with Crippen molar-refractivity contribution in [3.05, 3.63) is 41.8 Å². The number of carbonyl (C=O) groups is 1. The number of carbonyl (C=O) groups excluding carboxylic acids is 1. The zero-order valence-corrected chi connectivity index (χ0v) is 14.8. The van der Waals surface area contributed by atoms with Crippen molar-refractivity contribution in [3.63, 3.8) is 0 Å². The van der Waals surface area contributed by atoms with Gasteiger partial charge in [0.05, 0.1) is 17.7 Å². The highest BCUT2D eigenvalue weighted by Crippen LogP contribution is 2.43. The number of halogens is 1. The molecular weight excluding hydrogens is 319 g/mol. The summed E-state index contributed by atoms with van der Waals surface area (Å²) < 4.78 is 14.0. The molecule has 1 aromatic heterocycles. The average molecular weight is 344 g/mol. The van der Waals surface area contributed by atoms with Gasteiger partial charge in [0.1, 0.15) is 5.82 Å². The Labute approximate surface area is 147 Å². The van der Waals surface area contributed by atoms with Crippen LogP contribution in [0.1, 0.15) is 49.9 Å². The predicted octanol–water partition coefficient (Wildman–Crippen LogP) is 3.68. The zero-order chi connectivity index (χ0) is 18.0. The third-order valence-corrected chi connectivity index (χ3v) is 5.49. The van der Waals surface area contributed by atoms with Crippen LogP contribution in [-0.4, -0.2) is 28.6 Å². The summed E-state index contributed by atoms with van der Waals surface area (Å²) in [5, 5.41) is 13.5. The molecule has 3 rings (SSSR count). The van der Waals surface area contributed by atoms with Crippen LogP contribution in [-0.2, 0) is 0 Å². The fraction of sp³-hybridized carbons (Fsp3) is 0.500. The highest BCUT2D eigenvalue weighted by atomic mass is 19.1. The number of nitrogens with zero attached hydrogens (tertiary/aromatic N) is 1. The van der Waals surface area contributed by atoms with E-state index in [4.69, 9.17) is 0 Å². The lowest BCUT2D eigenvalue weighted by molar-refractivity contribution is 0.0569. The maximum atomic E-state index is 14.0. The number of aliphatic hydroxyl groups is 1. The zero-order valence-electron chi connectivity index (χ0n) is 14.8. The summed E-state index contributed by atoms with van der Waals surface area (Å²) in [4.78, 5) is 17.1. The lowest BCUT2D eigenvalue weighted by Gasteiger charge is -2.39. The highest BCUT2D eigenvalue weighted by molar-refractivity contribution is 6.05. The fourth-order valence-electron chi connectivity index (χ4n) is 4.21. The van der Waals surface area contributed by atoms with Crippen LogP contribution in [0.25, 0.3) is 10.9 Å². The number of rotatable bonds is 5. The van der Waals surface area contributed by atoms with Crippen LogP contribution in [0.3, 0.4) is 0 Å². The van der Waals surface area contributed by atoms with Crippen LogP contribution < -0.4 is 5.32 Å². The Balaban J connectivity index is 1.94. The molecule has 1 saturated carbocycles. The Kier molecular flexibility index (Phi) is 5.04. The van der Waals surface area contributed by atoms with Crippen molar-refractivity contribution in [1.82, 2.24) is 10.3 Å². The SMILES string of the molecule is CC(C)C(NC(=O)c1ccc(F)c2cccnc12)C1(CO)CCCC1. The second kappa shape index (κ2) is 7.08. The second-order valence-electron chi connectivity index (χ2n) is 7.42. The minimum atomic E-state index is -0.386. The van der Waals surface area contributed by atoms with Gasteiger partial charge in [0.2, 0.25) is 0 Å². The summed E-state index contributed by atoms with van der Waals surface area (Å²) >= 11 is 0. The van der Waals surface area contributed by atoms with Gasteiger partial charge < -0.3 is 10.4 Å². The van der Waals surface area contributed by atoms with E-state index in [2.05, 4.69) is 24.1 Å². The molecule has 0 bridgehead atoms. The van der Waals surface area contributed by atoms with E-state index in [-0.39, 0.29) is 35.7 Å². The normalized spacial score (nSPS) is 17.8. The number of pyridine rings is 1. The summed E-state index contributed by atoms with van der Waals surface area (Å²) in [5.41, 5.74) is 0.466. The first-order chi connectivity index (χ1) is 12.0. The molecule has 25 heavy (non-hydrogen) atoms. The molecule has 1 fully saturated rings. The van der Waals surface area contributed by atoms with Crippen molar-refractivity contribution < 1.29 is 14.3 Å². The molecule has 2 aromatic rings. The van der Waals surface area contributed by atoms with Crippen LogP contribution in [0.4, 0.5) is 4.39 Å². The molecule has 0 radical (unpaired) electrons. The number of aliphatic hydroxyl groups excluding tert-OH is 1. The van der Waals surface area contributed by atoms with Gasteiger partial charge in [-0.3, -0.25) is 9.78 Å². The molecule has 1 aliphatic carbocycles. The standard InChI is InChI=1S/C20H25FN2O2/c1-13(2)18(20(12-24)9-3-4-10-20)23-19(25)15-7-8-16(21)14-6-5-11-22-17(14)15/h5-8,11,13,18,24H,3-4,9-10,12H2,1-2H3,(H,23,25). The van der Waals surface area contributed by atoms with Crippen molar-refractivity contribution in [1.29, 1.82) is 0 Å². The first kappa shape index (κ1) is 17.8. The minimum Gasteiger partial charge on any atom is -0.396 e. The molecule has 1 aliphatic rings. The topological polar surface area (TPSA) is 62.2 Å². The minimum absolute atomic E-state index is 0.0680. The van der Waals surface area contributed by atoms with Crippen LogP contribution in [0.15, 0.2) is 30.5 Å². The molecule has 1 unspecified atom stereocenters. The molecule has 1 heterocycles. The number of amides is 1. The number of aromatic nitrogens is 1. The van der Waals surface area contributed by atoms with Crippen molar-refractivity contribution >= 4 is 16.8 Å². The molecule has 1 aromatic carbocycles. The lowest BCUT2D eigenvalue weighted by Crippen LogP contribution is -2.51. The van der Waals surface area contributed by atoms with Gasteiger partial charge in [-0.2, -0.15) is 0 Å². The van der Waals surface area contributed by atoms with Crippen molar-refractivity contribution in [2.45, 2.75) is 45.6 Å². The number of fused-ring (bicyclic) bond motifs is 1. The first-order valence-corrected chi connectivity index (χ1v) is 8.93. The summed E-state index contributed by atoms with van der Waals surface area (Å²) in [6.45, 7) is 4.18. The Bertz CT molecular complexity index is 769. The van der Waals surface area contributed by atoms with Crippen molar-refractivity contribution in [3.8, 4) is 0 Å². The molecule has 0 spiro atoms. The molecule has 134 valence electrons. The molecular formula is C20H25FN2O2. The number of nitrogens with one attached hydrogen (secondary N) is 1. The first-order valence-electron chi connectivity index (χ1n) is 8.93. The number of hydrogen-bond acceptors (Lipinski definition) is 3. The Morgan fingerprint density at radius 1 is 1.32 bits per heavy atom. The van der Waals surface area contributed by atoms with E-state index < -0.39 is 0 Å². The summed E-state index contributed by atoms with van der Waals surface area (Å²) in [7, 11) is 0. The third-order valence-electron chi connectivity index (χ3n) is 5.49. The second-order valence-corrected chi connectivity index (χ2v) is 7.42. The van der Waals surface area contributed by atoms with Gasteiger partial charge in [-0.05, 0) is 43.0 Å². The quantitative estimate of drug-likeness (QED) is 0.870. The predicted molar refractivity (Wildman–Crippen MR) is 95.8 cm³/mol. The molecule has 1 amide bonds. The molecule has 4 nitrogen and oxygen atoms in total. The maximum Gasteiger partial charge on any atom is 0.253 e. The molecule has 0 aliphatic heterocycles. The largest absolute Gasteiger partial charge is 0.396 e. The van der Waals surface area contributed by atoms with Crippen molar-refractivity contribution in [2.75, 3.05) is 6.61 Å². The molecule has 5 heteroatoms. The van der Waals surface area contributed by atoms with Gasteiger partial charge in [0, 0.05) is 23.0 Å². The van der Waals surface area contributed by atoms with Crippen LogP contribution in [0.5, 0.6) is 0 Å². The monoisotopic (exact) mass is 344 g/mol. The smallest absolute Gasteiger partial charge is 0.253 e. The highest BCUT2D eigenvalue weighted by Gasteiger charge is 2.43. The Hall–Kier alpha value is -2.01. The molecule has 1 atom stereocenters. The fourth-order valence-corrected chi connectivity index (χ4v) is 4.21. The molecule has 0 saturated heterocycles. The third kappa shape index (κ3) is 3.25. The van der Waals surface area contributed by atoms with Gasteiger partial charge in [-0.25, -0.2) is 4.39 Å². The summed E-state index contributed by atoms with van der Waals surface area (Å²) in [5.74, 6) is -0.460. The van der Waals surface area contributed by atoms with Gasteiger partial charge in [0.15, 0.2) is 0 Å². The average Bonchev–Trinajstić information content (AvgIpc) is 3.09. The van der Waals surface area contributed by atoms with E-state index in [1.54, 1.807) is 18.3 Å². The van der Waals surface area contributed by atoms with E-state index in [0.29, 0.717) is 16.5 Å². The Morgan fingerprint density at radius 2 is 2.04 bits per heavy atom. The Morgan fingerprint density at radius 3 is 2.68 bits per heavy atom. The number of benzene rings is 1. The van der Waals surface area contributed by atoms with E-state index in [0.717, 1.165) is 25.7 Å². The van der Waals surface area contributed by atoms with Crippen LogP contribution in [0.2, 0.25) is 0 Å². The lowest BCUT2D eigenvalue weighted by atomic mass is 9.74. The van der Waals surface area contributed by atoms with Gasteiger partial charge in [-0.15, -0.1) is 0 Å². The van der Waals surface area contributed by atoms with Crippen LogP contribution in [0, 0.1) is 17.2 Å². The molecule has 2 N–H and O–H groups in total. The van der Waals surface area contributed by atoms with Gasteiger partial charge in [0.25, 0.3) is 5.91 Å². The van der Waals surface area contributed by atoms with E-state index in [1.807, 2.05) is 0 Å². The maximum absolute atomic E-state index is 14.0. The number of hydrogen-bond donors (Lipinski definition) is 2. The van der Waals surface area contributed by atoms with E-state index in [9.17, 15) is 14.3 Å². The van der Waals surface area contributed by atoms with E-state index >= 15 is 0 Å².